The Bertz CT molecular complexity index is 540. The van der Waals surface area contributed by atoms with Crippen molar-refractivity contribution in [2.75, 3.05) is 5.32 Å². The van der Waals surface area contributed by atoms with Crippen LogP contribution in [-0.4, -0.2) is 10.9 Å². The van der Waals surface area contributed by atoms with E-state index in [1.165, 1.54) is 6.92 Å². The number of anilines is 1. The predicted octanol–water partition coefficient (Wildman–Crippen LogP) is 3.95. The summed E-state index contributed by atoms with van der Waals surface area (Å²) in [4.78, 5) is 16.3. The smallest absolute Gasteiger partial charge is 0.221 e. The number of halogens is 1. The average molecular weight is 323 g/mol. The Hall–Kier alpha value is -1.33. The lowest BCUT2D eigenvalue weighted by atomic mass is 10.3. The molecule has 2 aromatic rings. The summed E-state index contributed by atoms with van der Waals surface area (Å²) in [6.45, 7) is 1.49. The zero-order chi connectivity index (χ0) is 13.0. The van der Waals surface area contributed by atoms with Crippen molar-refractivity contribution in [2.45, 2.75) is 16.8 Å². The maximum absolute atomic E-state index is 10.9. The molecule has 0 saturated heterocycles. The Balaban J connectivity index is 2.06. The second kappa shape index (κ2) is 6.02. The zero-order valence-electron chi connectivity index (χ0n) is 9.68. The quantitative estimate of drug-likeness (QED) is 0.930. The summed E-state index contributed by atoms with van der Waals surface area (Å²) >= 11 is 4.93. The maximum Gasteiger partial charge on any atom is 0.221 e. The molecule has 5 heteroatoms. The first-order valence-electron chi connectivity index (χ1n) is 5.30. The number of hydrogen-bond acceptors (Lipinski definition) is 3. The van der Waals surface area contributed by atoms with Crippen LogP contribution in [0, 0.1) is 0 Å². The van der Waals surface area contributed by atoms with Crippen LogP contribution in [0.15, 0.2) is 57.0 Å². The molecule has 1 heterocycles. The molecule has 0 radical (unpaired) electrons. The number of hydrogen-bond donors (Lipinski definition) is 1. The van der Waals surface area contributed by atoms with E-state index in [4.69, 9.17) is 0 Å². The van der Waals surface area contributed by atoms with Gasteiger partial charge in [-0.3, -0.25) is 4.79 Å². The summed E-state index contributed by atoms with van der Waals surface area (Å²) in [5, 5.41) is 3.67. The van der Waals surface area contributed by atoms with Crippen molar-refractivity contribution in [3.63, 3.8) is 0 Å². The molecule has 0 fully saturated rings. The van der Waals surface area contributed by atoms with Crippen LogP contribution in [0.25, 0.3) is 0 Å². The minimum absolute atomic E-state index is 0.0648. The third-order valence-electron chi connectivity index (χ3n) is 2.10. The topological polar surface area (TPSA) is 42.0 Å². The van der Waals surface area contributed by atoms with Crippen molar-refractivity contribution in [3.05, 3.63) is 47.1 Å². The van der Waals surface area contributed by atoms with Crippen molar-refractivity contribution >= 4 is 39.3 Å². The number of carbonyl (C=O) groups is 1. The second-order valence-electron chi connectivity index (χ2n) is 3.62. The minimum atomic E-state index is -0.0648. The molecule has 1 amide bonds. The zero-order valence-corrected chi connectivity index (χ0v) is 12.1. The van der Waals surface area contributed by atoms with Gasteiger partial charge in [0.25, 0.3) is 0 Å². The number of benzene rings is 1. The highest BCUT2D eigenvalue weighted by atomic mass is 79.9. The first-order valence-corrected chi connectivity index (χ1v) is 6.91. The fourth-order valence-electron chi connectivity index (χ4n) is 1.35. The summed E-state index contributed by atoms with van der Waals surface area (Å²) in [5.74, 6) is -0.0648. The number of nitrogens with one attached hydrogen (secondary N) is 1. The normalized spacial score (nSPS) is 10.1. The van der Waals surface area contributed by atoms with E-state index in [0.29, 0.717) is 0 Å². The van der Waals surface area contributed by atoms with E-state index < -0.39 is 0 Å². The molecular formula is C13H11BrN2OS. The van der Waals surface area contributed by atoms with Crippen LogP contribution in [0.4, 0.5) is 5.69 Å². The third-order valence-corrected chi connectivity index (χ3v) is 3.52. The van der Waals surface area contributed by atoms with Gasteiger partial charge in [-0.05, 0) is 52.3 Å². The fraction of sp³-hybridized carbons (Fsp3) is 0.0769. The van der Waals surface area contributed by atoms with Gasteiger partial charge in [0.1, 0.15) is 5.03 Å². The highest BCUT2D eigenvalue weighted by Gasteiger charge is 2.00. The van der Waals surface area contributed by atoms with Crippen LogP contribution < -0.4 is 5.32 Å². The molecular weight excluding hydrogens is 312 g/mol. The molecule has 1 aromatic carbocycles. The lowest BCUT2D eigenvalue weighted by molar-refractivity contribution is -0.114. The van der Waals surface area contributed by atoms with E-state index in [1.807, 2.05) is 36.4 Å². The lowest BCUT2D eigenvalue weighted by Gasteiger charge is -2.04. The van der Waals surface area contributed by atoms with Crippen LogP contribution in [0.3, 0.4) is 0 Å². The molecule has 0 atom stereocenters. The monoisotopic (exact) mass is 322 g/mol. The van der Waals surface area contributed by atoms with E-state index in [2.05, 4.69) is 26.2 Å². The SMILES string of the molecule is CC(=O)Nc1ccc(Sc2ccc(Br)cn2)cc1. The standard InChI is InChI=1S/C13H11BrN2OS/c1-9(17)16-11-3-5-12(6-4-11)18-13-7-2-10(14)8-15-13/h2-8H,1H3,(H,16,17). The molecule has 0 aliphatic rings. The molecule has 3 nitrogen and oxygen atoms in total. The van der Waals surface area contributed by atoms with Crippen molar-refractivity contribution in [1.29, 1.82) is 0 Å². The number of pyridine rings is 1. The van der Waals surface area contributed by atoms with E-state index in [-0.39, 0.29) is 5.91 Å². The van der Waals surface area contributed by atoms with Crippen LogP contribution in [0.5, 0.6) is 0 Å². The average Bonchev–Trinajstić information content (AvgIpc) is 2.34. The fourth-order valence-corrected chi connectivity index (χ4v) is 2.34. The summed E-state index contributed by atoms with van der Waals surface area (Å²) in [6, 6.07) is 11.6. The Morgan fingerprint density at radius 2 is 1.94 bits per heavy atom. The number of nitrogens with zero attached hydrogens (tertiary/aromatic N) is 1. The first-order chi connectivity index (χ1) is 8.63. The van der Waals surface area contributed by atoms with Crippen LogP contribution in [0.1, 0.15) is 6.92 Å². The van der Waals surface area contributed by atoms with Gasteiger partial charge in [0.15, 0.2) is 0 Å². The van der Waals surface area contributed by atoms with Gasteiger partial charge in [-0.2, -0.15) is 0 Å². The maximum atomic E-state index is 10.9. The van der Waals surface area contributed by atoms with Gasteiger partial charge in [-0.25, -0.2) is 4.98 Å². The van der Waals surface area contributed by atoms with E-state index in [1.54, 1.807) is 18.0 Å². The molecule has 2 rings (SSSR count). The molecule has 0 spiro atoms. The van der Waals surface area contributed by atoms with Crippen molar-refractivity contribution in [1.82, 2.24) is 4.98 Å². The van der Waals surface area contributed by atoms with Crippen molar-refractivity contribution in [3.8, 4) is 0 Å². The number of amides is 1. The molecule has 92 valence electrons. The van der Waals surface area contributed by atoms with Gasteiger partial charge in [0.2, 0.25) is 5.91 Å². The lowest BCUT2D eigenvalue weighted by Crippen LogP contribution is -2.05. The molecule has 0 saturated carbocycles. The summed E-state index contributed by atoms with van der Waals surface area (Å²) in [7, 11) is 0. The van der Waals surface area contributed by atoms with Gasteiger partial charge < -0.3 is 5.32 Å². The van der Waals surface area contributed by atoms with Crippen molar-refractivity contribution < 1.29 is 4.79 Å². The van der Waals surface area contributed by atoms with Gasteiger partial charge in [-0.15, -0.1) is 0 Å². The third kappa shape index (κ3) is 3.85. The highest BCUT2D eigenvalue weighted by molar-refractivity contribution is 9.10. The molecule has 1 aromatic heterocycles. The van der Waals surface area contributed by atoms with Crippen LogP contribution in [-0.2, 0) is 4.79 Å². The van der Waals surface area contributed by atoms with E-state index in [0.717, 1.165) is 20.1 Å². The van der Waals surface area contributed by atoms with Crippen molar-refractivity contribution in [2.24, 2.45) is 0 Å². The Kier molecular flexibility index (Phi) is 4.38. The Morgan fingerprint density at radius 1 is 1.22 bits per heavy atom. The molecule has 18 heavy (non-hydrogen) atoms. The molecule has 0 aliphatic heterocycles. The molecule has 0 unspecified atom stereocenters. The predicted molar refractivity (Wildman–Crippen MR) is 76.8 cm³/mol. The summed E-state index contributed by atoms with van der Waals surface area (Å²) in [5.41, 5.74) is 0.801. The first kappa shape index (κ1) is 13.1. The van der Waals surface area contributed by atoms with Gasteiger partial charge >= 0.3 is 0 Å². The Labute approximate surface area is 118 Å². The van der Waals surface area contributed by atoms with E-state index in [9.17, 15) is 4.79 Å². The second-order valence-corrected chi connectivity index (χ2v) is 5.63. The van der Waals surface area contributed by atoms with Gasteiger partial charge in [-0.1, -0.05) is 11.8 Å². The highest BCUT2D eigenvalue weighted by Crippen LogP contribution is 2.27. The van der Waals surface area contributed by atoms with Crippen LogP contribution >= 0.6 is 27.7 Å². The minimum Gasteiger partial charge on any atom is -0.326 e. The largest absolute Gasteiger partial charge is 0.326 e. The van der Waals surface area contributed by atoms with Gasteiger partial charge in [0.05, 0.1) is 0 Å². The number of rotatable bonds is 3. The molecule has 0 bridgehead atoms. The molecule has 0 aliphatic carbocycles. The molecule has 1 N–H and O–H groups in total. The Morgan fingerprint density at radius 3 is 2.50 bits per heavy atom. The summed E-state index contributed by atoms with van der Waals surface area (Å²) < 4.78 is 0.966. The van der Waals surface area contributed by atoms with Gasteiger partial charge in [0, 0.05) is 28.2 Å². The number of aromatic nitrogens is 1. The number of carbonyl (C=O) groups excluding carboxylic acids is 1. The van der Waals surface area contributed by atoms with E-state index >= 15 is 0 Å². The van der Waals surface area contributed by atoms with Crippen LogP contribution in [0.2, 0.25) is 0 Å². The summed E-state index contributed by atoms with van der Waals surface area (Å²) in [6.07, 6.45) is 1.77.